The smallest absolute Gasteiger partial charge is 0.326 e. The summed E-state index contributed by atoms with van der Waals surface area (Å²) in [6.45, 7) is 3.34. The molecule has 0 aliphatic rings. The highest BCUT2D eigenvalue weighted by atomic mass is 16.4. The summed E-state index contributed by atoms with van der Waals surface area (Å²) in [7, 11) is 0. The van der Waals surface area contributed by atoms with E-state index in [1.807, 2.05) is 36.4 Å². The molecule has 0 saturated carbocycles. The van der Waals surface area contributed by atoms with Gasteiger partial charge >= 0.3 is 5.97 Å². The van der Waals surface area contributed by atoms with Crippen LogP contribution in [0.15, 0.2) is 42.5 Å². The first-order chi connectivity index (χ1) is 9.99. The van der Waals surface area contributed by atoms with Crippen molar-refractivity contribution in [2.75, 3.05) is 6.54 Å². The number of benzene rings is 2. The van der Waals surface area contributed by atoms with Gasteiger partial charge in [-0.2, -0.15) is 0 Å². The van der Waals surface area contributed by atoms with Crippen molar-refractivity contribution in [3.8, 4) is 0 Å². The number of amides is 1. The summed E-state index contributed by atoms with van der Waals surface area (Å²) >= 11 is 0. The van der Waals surface area contributed by atoms with Gasteiger partial charge in [0.05, 0.1) is 0 Å². The predicted octanol–water partition coefficient (Wildman–Crippen LogP) is 2.70. The fraction of sp³-hybridized carbons (Fsp3) is 0.294. The number of hydrogen-bond acceptors (Lipinski definition) is 2. The maximum atomic E-state index is 11.6. The molecule has 2 aromatic carbocycles. The van der Waals surface area contributed by atoms with Gasteiger partial charge in [-0.05, 0) is 29.7 Å². The van der Waals surface area contributed by atoms with Crippen molar-refractivity contribution in [3.05, 3.63) is 48.0 Å². The molecule has 2 rings (SSSR count). The first-order valence-electron chi connectivity index (χ1n) is 6.96. The maximum Gasteiger partial charge on any atom is 0.326 e. The molecule has 0 aromatic heterocycles. The lowest BCUT2D eigenvalue weighted by molar-refractivity contribution is -0.148. The molecule has 0 fully saturated rings. The molecule has 1 unspecified atom stereocenters. The van der Waals surface area contributed by atoms with E-state index in [-0.39, 0.29) is 5.91 Å². The molecule has 0 bridgehead atoms. The zero-order valence-electron chi connectivity index (χ0n) is 12.2. The van der Waals surface area contributed by atoms with Crippen LogP contribution in [-0.4, -0.2) is 34.5 Å². The van der Waals surface area contributed by atoms with Crippen LogP contribution in [0.25, 0.3) is 10.8 Å². The topological polar surface area (TPSA) is 57.6 Å². The Balaban J connectivity index is 2.12. The Labute approximate surface area is 124 Å². The molecule has 1 amide bonds. The molecule has 4 heteroatoms. The highest BCUT2D eigenvalue weighted by Gasteiger charge is 2.22. The Morgan fingerprint density at radius 1 is 1.14 bits per heavy atom. The lowest BCUT2D eigenvalue weighted by Gasteiger charge is -2.25. The van der Waals surface area contributed by atoms with Crippen LogP contribution in [0.3, 0.4) is 0 Å². The van der Waals surface area contributed by atoms with Crippen molar-refractivity contribution in [3.63, 3.8) is 0 Å². The summed E-state index contributed by atoms with van der Waals surface area (Å²) in [5.74, 6) is -1.20. The molecule has 0 saturated heterocycles. The fourth-order valence-corrected chi connectivity index (χ4v) is 2.40. The normalized spacial score (nSPS) is 12.1. The van der Waals surface area contributed by atoms with E-state index in [4.69, 9.17) is 5.11 Å². The van der Waals surface area contributed by atoms with Crippen LogP contribution >= 0.6 is 0 Å². The molecule has 0 heterocycles. The number of carboxylic acid groups (broad SMARTS) is 1. The standard InChI is InChI=1S/C17H19NO3/c1-12(17(20)21)18(13(2)19)10-9-14-7-8-15-5-3-4-6-16(15)11-14/h3-8,11-12H,9-10H2,1-2H3,(H,20,21). The second-order valence-electron chi connectivity index (χ2n) is 5.16. The minimum absolute atomic E-state index is 0.217. The monoisotopic (exact) mass is 285 g/mol. The number of nitrogens with zero attached hydrogens (tertiary/aromatic N) is 1. The zero-order valence-corrected chi connectivity index (χ0v) is 12.2. The Hall–Kier alpha value is -2.36. The van der Waals surface area contributed by atoms with E-state index < -0.39 is 12.0 Å². The Kier molecular flexibility index (Phi) is 4.58. The van der Waals surface area contributed by atoms with E-state index in [0.29, 0.717) is 13.0 Å². The van der Waals surface area contributed by atoms with Crippen LogP contribution in [0.5, 0.6) is 0 Å². The van der Waals surface area contributed by atoms with Gasteiger partial charge in [-0.25, -0.2) is 4.79 Å². The van der Waals surface area contributed by atoms with Crippen molar-refractivity contribution in [1.29, 1.82) is 0 Å². The fourth-order valence-electron chi connectivity index (χ4n) is 2.40. The van der Waals surface area contributed by atoms with Crippen LogP contribution in [0.1, 0.15) is 19.4 Å². The number of carbonyl (C=O) groups is 2. The quantitative estimate of drug-likeness (QED) is 0.919. The van der Waals surface area contributed by atoms with Gasteiger partial charge in [0.15, 0.2) is 0 Å². The SMILES string of the molecule is CC(=O)N(CCc1ccc2ccccc2c1)C(C)C(=O)O. The second kappa shape index (κ2) is 6.39. The van der Waals surface area contributed by atoms with E-state index in [0.717, 1.165) is 10.9 Å². The highest BCUT2D eigenvalue weighted by Crippen LogP contribution is 2.16. The number of carbonyl (C=O) groups excluding carboxylic acids is 1. The van der Waals surface area contributed by atoms with Gasteiger partial charge < -0.3 is 10.0 Å². The number of fused-ring (bicyclic) bond motifs is 1. The molecule has 21 heavy (non-hydrogen) atoms. The van der Waals surface area contributed by atoms with Crippen molar-refractivity contribution in [2.45, 2.75) is 26.3 Å². The molecule has 1 atom stereocenters. The van der Waals surface area contributed by atoms with Gasteiger partial charge in [0.2, 0.25) is 5.91 Å². The van der Waals surface area contributed by atoms with Crippen LogP contribution in [0.4, 0.5) is 0 Å². The summed E-state index contributed by atoms with van der Waals surface area (Å²) in [5, 5.41) is 11.4. The minimum atomic E-state index is -0.983. The molecular weight excluding hydrogens is 266 g/mol. The zero-order chi connectivity index (χ0) is 15.4. The van der Waals surface area contributed by atoms with E-state index in [2.05, 4.69) is 6.07 Å². The summed E-state index contributed by atoms with van der Waals surface area (Å²) in [6, 6.07) is 13.4. The number of aliphatic carboxylic acids is 1. The summed E-state index contributed by atoms with van der Waals surface area (Å²) in [4.78, 5) is 24.0. The minimum Gasteiger partial charge on any atom is -0.480 e. The largest absolute Gasteiger partial charge is 0.480 e. The van der Waals surface area contributed by atoms with Gasteiger partial charge in [-0.15, -0.1) is 0 Å². The number of rotatable bonds is 5. The van der Waals surface area contributed by atoms with Crippen molar-refractivity contribution in [2.24, 2.45) is 0 Å². The van der Waals surface area contributed by atoms with E-state index >= 15 is 0 Å². The first kappa shape index (κ1) is 15.0. The number of hydrogen-bond donors (Lipinski definition) is 1. The Bertz CT molecular complexity index is 666. The van der Waals surface area contributed by atoms with E-state index in [1.54, 1.807) is 0 Å². The van der Waals surface area contributed by atoms with Gasteiger partial charge in [0.1, 0.15) is 6.04 Å². The number of carboxylic acids is 1. The van der Waals surface area contributed by atoms with Crippen molar-refractivity contribution in [1.82, 2.24) is 4.90 Å². The summed E-state index contributed by atoms with van der Waals surface area (Å²) in [6.07, 6.45) is 0.641. The van der Waals surface area contributed by atoms with Crippen LogP contribution < -0.4 is 0 Å². The molecule has 0 aliphatic carbocycles. The van der Waals surface area contributed by atoms with Crippen molar-refractivity contribution < 1.29 is 14.7 Å². The molecule has 0 spiro atoms. The lowest BCUT2D eigenvalue weighted by Crippen LogP contribution is -2.43. The van der Waals surface area contributed by atoms with Gasteiger partial charge in [0, 0.05) is 13.5 Å². The molecule has 2 aromatic rings. The average Bonchev–Trinajstić information content (AvgIpc) is 2.46. The molecular formula is C17H19NO3. The van der Waals surface area contributed by atoms with Gasteiger partial charge in [-0.3, -0.25) is 4.79 Å². The van der Waals surface area contributed by atoms with Crippen LogP contribution in [0.2, 0.25) is 0 Å². The average molecular weight is 285 g/mol. The Morgan fingerprint density at radius 2 is 1.81 bits per heavy atom. The van der Waals surface area contributed by atoms with Crippen LogP contribution in [-0.2, 0) is 16.0 Å². The molecule has 110 valence electrons. The maximum absolute atomic E-state index is 11.6. The molecule has 0 aliphatic heterocycles. The predicted molar refractivity (Wildman–Crippen MR) is 82.1 cm³/mol. The molecule has 0 radical (unpaired) electrons. The van der Waals surface area contributed by atoms with Crippen LogP contribution in [0, 0.1) is 0 Å². The third-order valence-electron chi connectivity index (χ3n) is 3.68. The second-order valence-corrected chi connectivity index (χ2v) is 5.16. The van der Waals surface area contributed by atoms with Gasteiger partial charge in [0.25, 0.3) is 0 Å². The lowest BCUT2D eigenvalue weighted by atomic mass is 10.0. The molecule has 1 N–H and O–H groups in total. The third kappa shape index (κ3) is 3.60. The van der Waals surface area contributed by atoms with E-state index in [9.17, 15) is 9.59 Å². The van der Waals surface area contributed by atoms with E-state index in [1.165, 1.54) is 24.1 Å². The Morgan fingerprint density at radius 3 is 2.43 bits per heavy atom. The van der Waals surface area contributed by atoms with Gasteiger partial charge in [-0.1, -0.05) is 42.5 Å². The summed E-state index contributed by atoms with van der Waals surface area (Å²) in [5.41, 5.74) is 1.09. The first-order valence-corrected chi connectivity index (χ1v) is 6.96. The molecule has 4 nitrogen and oxygen atoms in total. The van der Waals surface area contributed by atoms with Crippen molar-refractivity contribution >= 4 is 22.6 Å². The third-order valence-corrected chi connectivity index (χ3v) is 3.68. The summed E-state index contributed by atoms with van der Waals surface area (Å²) < 4.78 is 0. The highest BCUT2D eigenvalue weighted by molar-refractivity contribution is 5.83.